The SMILES string of the molecule is CCCC1NC(=O)C(CC(C)C)N(CC(C)C)C1=O. The van der Waals surface area contributed by atoms with Crippen molar-refractivity contribution >= 4 is 11.8 Å². The summed E-state index contributed by atoms with van der Waals surface area (Å²) in [5.41, 5.74) is 0. The van der Waals surface area contributed by atoms with Crippen molar-refractivity contribution in [3.63, 3.8) is 0 Å². The number of carbonyl (C=O) groups excluding carboxylic acids is 2. The molecule has 1 fully saturated rings. The quantitative estimate of drug-likeness (QED) is 0.802. The topological polar surface area (TPSA) is 49.4 Å². The number of nitrogens with one attached hydrogen (secondary N) is 1. The van der Waals surface area contributed by atoms with Crippen LogP contribution in [-0.2, 0) is 9.59 Å². The van der Waals surface area contributed by atoms with E-state index in [1.807, 2.05) is 11.8 Å². The molecule has 2 atom stereocenters. The molecule has 4 nitrogen and oxygen atoms in total. The second-order valence-electron chi connectivity index (χ2n) is 6.38. The molecular weight excluding hydrogens is 240 g/mol. The standard InChI is InChI=1S/C15H28N2O2/c1-6-7-12-15(19)17(9-11(4)5)13(8-10(2)3)14(18)16-12/h10-13H,6-9H2,1-5H3,(H,16,18). The first-order chi connectivity index (χ1) is 8.86. The highest BCUT2D eigenvalue weighted by Crippen LogP contribution is 2.20. The van der Waals surface area contributed by atoms with Crippen LogP contribution in [0.4, 0.5) is 0 Å². The van der Waals surface area contributed by atoms with Crippen molar-refractivity contribution in [3.05, 3.63) is 0 Å². The first kappa shape index (κ1) is 16.0. The van der Waals surface area contributed by atoms with E-state index >= 15 is 0 Å². The summed E-state index contributed by atoms with van der Waals surface area (Å²) in [5, 5.41) is 2.90. The number of nitrogens with zero attached hydrogens (tertiary/aromatic N) is 1. The summed E-state index contributed by atoms with van der Waals surface area (Å²) < 4.78 is 0. The third kappa shape index (κ3) is 4.22. The van der Waals surface area contributed by atoms with Crippen molar-refractivity contribution in [1.29, 1.82) is 0 Å². The predicted octanol–water partition coefficient (Wildman–Crippen LogP) is 2.18. The maximum atomic E-state index is 12.5. The molecule has 4 heteroatoms. The Bertz CT molecular complexity index is 326. The lowest BCUT2D eigenvalue weighted by molar-refractivity contribution is -0.150. The summed E-state index contributed by atoms with van der Waals surface area (Å²) in [7, 11) is 0. The lowest BCUT2D eigenvalue weighted by Crippen LogP contribution is -2.64. The first-order valence-electron chi connectivity index (χ1n) is 7.47. The van der Waals surface area contributed by atoms with Gasteiger partial charge < -0.3 is 10.2 Å². The van der Waals surface area contributed by atoms with E-state index in [1.54, 1.807) is 0 Å². The van der Waals surface area contributed by atoms with Gasteiger partial charge in [0.15, 0.2) is 0 Å². The fourth-order valence-corrected chi connectivity index (χ4v) is 2.60. The van der Waals surface area contributed by atoms with Gasteiger partial charge in [-0.1, -0.05) is 41.0 Å². The third-order valence-corrected chi connectivity index (χ3v) is 3.41. The number of hydrogen-bond acceptors (Lipinski definition) is 2. The Morgan fingerprint density at radius 2 is 1.79 bits per heavy atom. The van der Waals surface area contributed by atoms with Gasteiger partial charge in [-0.25, -0.2) is 0 Å². The second kappa shape index (κ2) is 6.92. The van der Waals surface area contributed by atoms with Gasteiger partial charge in [0.05, 0.1) is 0 Å². The Kier molecular flexibility index (Phi) is 5.83. The third-order valence-electron chi connectivity index (χ3n) is 3.41. The van der Waals surface area contributed by atoms with E-state index in [1.165, 1.54) is 0 Å². The molecule has 110 valence electrons. The Morgan fingerprint density at radius 1 is 1.16 bits per heavy atom. The fourth-order valence-electron chi connectivity index (χ4n) is 2.60. The van der Waals surface area contributed by atoms with Crippen molar-refractivity contribution in [1.82, 2.24) is 10.2 Å². The summed E-state index contributed by atoms with van der Waals surface area (Å²) >= 11 is 0. The van der Waals surface area contributed by atoms with Crippen LogP contribution in [0.5, 0.6) is 0 Å². The van der Waals surface area contributed by atoms with Gasteiger partial charge in [0.2, 0.25) is 11.8 Å². The minimum Gasteiger partial charge on any atom is -0.343 e. The second-order valence-corrected chi connectivity index (χ2v) is 6.38. The van der Waals surface area contributed by atoms with E-state index in [9.17, 15) is 9.59 Å². The number of rotatable bonds is 6. The first-order valence-corrected chi connectivity index (χ1v) is 7.47. The average molecular weight is 268 g/mol. The molecule has 1 heterocycles. The van der Waals surface area contributed by atoms with Crippen LogP contribution in [0.3, 0.4) is 0 Å². The highest BCUT2D eigenvalue weighted by molar-refractivity contribution is 5.96. The van der Waals surface area contributed by atoms with Gasteiger partial charge in [-0.15, -0.1) is 0 Å². The van der Waals surface area contributed by atoms with Gasteiger partial charge in [0, 0.05) is 6.54 Å². The largest absolute Gasteiger partial charge is 0.343 e. The molecule has 0 aromatic carbocycles. The van der Waals surface area contributed by atoms with Gasteiger partial charge in [0.25, 0.3) is 0 Å². The van der Waals surface area contributed by atoms with Crippen LogP contribution in [-0.4, -0.2) is 35.3 Å². The van der Waals surface area contributed by atoms with Gasteiger partial charge >= 0.3 is 0 Å². The zero-order chi connectivity index (χ0) is 14.6. The normalized spacial score (nSPS) is 24.3. The fraction of sp³-hybridized carbons (Fsp3) is 0.867. The molecule has 1 saturated heterocycles. The zero-order valence-electron chi connectivity index (χ0n) is 12.9. The van der Waals surface area contributed by atoms with Crippen LogP contribution >= 0.6 is 0 Å². The predicted molar refractivity (Wildman–Crippen MR) is 76.6 cm³/mol. The van der Waals surface area contributed by atoms with Gasteiger partial charge in [0.1, 0.15) is 12.1 Å². The molecule has 2 unspecified atom stereocenters. The Labute approximate surface area is 116 Å². The minimum absolute atomic E-state index is 0.0207. The molecule has 1 aliphatic heterocycles. The summed E-state index contributed by atoms with van der Waals surface area (Å²) in [5.74, 6) is 0.904. The van der Waals surface area contributed by atoms with E-state index in [0.717, 1.165) is 19.3 Å². The Balaban J connectivity index is 2.89. The molecule has 0 saturated carbocycles. The number of piperazine rings is 1. The lowest BCUT2D eigenvalue weighted by Gasteiger charge is -2.40. The molecular formula is C15H28N2O2. The molecule has 1 N–H and O–H groups in total. The number of hydrogen-bond donors (Lipinski definition) is 1. The zero-order valence-corrected chi connectivity index (χ0v) is 12.9. The lowest BCUT2D eigenvalue weighted by atomic mass is 9.95. The van der Waals surface area contributed by atoms with Crippen LogP contribution in [0, 0.1) is 11.8 Å². The van der Waals surface area contributed by atoms with Gasteiger partial charge in [-0.2, -0.15) is 0 Å². The number of amides is 2. The molecule has 0 aliphatic carbocycles. The highest BCUT2D eigenvalue weighted by Gasteiger charge is 2.40. The van der Waals surface area contributed by atoms with Crippen molar-refractivity contribution < 1.29 is 9.59 Å². The molecule has 1 aliphatic rings. The van der Waals surface area contributed by atoms with Crippen LogP contribution in [0.2, 0.25) is 0 Å². The van der Waals surface area contributed by atoms with Crippen molar-refractivity contribution in [2.75, 3.05) is 6.54 Å². The summed E-state index contributed by atoms with van der Waals surface area (Å²) in [6.07, 6.45) is 2.37. The minimum atomic E-state index is -0.320. The van der Waals surface area contributed by atoms with Gasteiger partial charge in [-0.05, 0) is 24.7 Å². The van der Waals surface area contributed by atoms with Crippen molar-refractivity contribution in [3.8, 4) is 0 Å². The van der Waals surface area contributed by atoms with Crippen LogP contribution < -0.4 is 5.32 Å². The van der Waals surface area contributed by atoms with Crippen molar-refractivity contribution in [2.45, 2.75) is 66.0 Å². The van der Waals surface area contributed by atoms with Gasteiger partial charge in [-0.3, -0.25) is 9.59 Å². The number of carbonyl (C=O) groups is 2. The summed E-state index contributed by atoms with van der Waals surface area (Å²) in [4.78, 5) is 26.6. The van der Waals surface area contributed by atoms with E-state index in [2.05, 4.69) is 33.0 Å². The molecule has 19 heavy (non-hydrogen) atoms. The molecule has 2 amide bonds. The smallest absolute Gasteiger partial charge is 0.245 e. The van der Waals surface area contributed by atoms with E-state index in [0.29, 0.717) is 18.4 Å². The average Bonchev–Trinajstić information content (AvgIpc) is 2.29. The maximum Gasteiger partial charge on any atom is 0.245 e. The van der Waals surface area contributed by atoms with Crippen molar-refractivity contribution in [2.24, 2.45) is 11.8 Å². The molecule has 0 radical (unpaired) electrons. The van der Waals surface area contributed by atoms with E-state index in [4.69, 9.17) is 0 Å². The molecule has 0 bridgehead atoms. The molecule has 0 spiro atoms. The molecule has 0 aromatic rings. The van der Waals surface area contributed by atoms with Crippen LogP contribution in [0.1, 0.15) is 53.9 Å². The molecule has 1 rings (SSSR count). The summed E-state index contributed by atoms with van der Waals surface area (Å²) in [6.45, 7) is 11.0. The van der Waals surface area contributed by atoms with Crippen LogP contribution in [0.25, 0.3) is 0 Å². The summed E-state index contributed by atoms with van der Waals surface area (Å²) in [6, 6.07) is -0.609. The van der Waals surface area contributed by atoms with E-state index in [-0.39, 0.29) is 23.9 Å². The maximum absolute atomic E-state index is 12.5. The van der Waals surface area contributed by atoms with E-state index < -0.39 is 0 Å². The highest BCUT2D eigenvalue weighted by atomic mass is 16.2. The molecule has 0 aromatic heterocycles. The van der Waals surface area contributed by atoms with Crippen LogP contribution in [0.15, 0.2) is 0 Å². The monoisotopic (exact) mass is 268 g/mol. The Morgan fingerprint density at radius 3 is 2.26 bits per heavy atom. The Hall–Kier alpha value is -1.06.